The van der Waals surface area contributed by atoms with Crippen molar-refractivity contribution < 1.29 is 9.53 Å². The lowest BCUT2D eigenvalue weighted by molar-refractivity contribution is 0.0998. The Hall–Kier alpha value is -3.27. The van der Waals surface area contributed by atoms with Crippen molar-refractivity contribution in [3.8, 4) is 11.5 Å². The molecule has 1 heterocycles. The van der Waals surface area contributed by atoms with Crippen molar-refractivity contribution in [1.82, 2.24) is 0 Å². The van der Waals surface area contributed by atoms with Crippen LogP contribution in [0.15, 0.2) is 60.7 Å². The maximum absolute atomic E-state index is 12.1. The summed E-state index contributed by atoms with van der Waals surface area (Å²) in [5.41, 5.74) is 12.0. The van der Waals surface area contributed by atoms with Crippen molar-refractivity contribution in [2.24, 2.45) is 5.73 Å². The largest absolute Gasteiger partial charge is 0.456 e. The van der Waals surface area contributed by atoms with Crippen molar-refractivity contribution >= 4 is 11.6 Å². The molecule has 0 saturated carbocycles. The van der Waals surface area contributed by atoms with E-state index < -0.39 is 5.91 Å². The SMILES string of the molecule is Cc1cc(C)cc(C2CCCN2c2ccc(C(N)=O)c(Oc3ccccc3)c2C)c1. The third-order valence-electron chi connectivity index (χ3n) is 5.80. The molecule has 1 aliphatic heterocycles. The third kappa shape index (κ3) is 3.90. The second-order valence-electron chi connectivity index (χ2n) is 8.14. The van der Waals surface area contributed by atoms with Crippen LogP contribution in [0.1, 0.15) is 51.5 Å². The van der Waals surface area contributed by atoms with Crippen molar-refractivity contribution in [2.75, 3.05) is 11.4 Å². The number of anilines is 1. The maximum atomic E-state index is 12.1. The first kappa shape index (κ1) is 20.0. The van der Waals surface area contributed by atoms with Crippen molar-refractivity contribution in [3.63, 3.8) is 0 Å². The molecule has 4 rings (SSSR count). The van der Waals surface area contributed by atoms with Crippen molar-refractivity contribution in [2.45, 2.75) is 39.7 Å². The van der Waals surface area contributed by atoms with Crippen LogP contribution in [-0.4, -0.2) is 12.5 Å². The summed E-state index contributed by atoms with van der Waals surface area (Å²) in [6.45, 7) is 7.28. The van der Waals surface area contributed by atoms with E-state index in [1.165, 1.54) is 16.7 Å². The van der Waals surface area contributed by atoms with E-state index in [1.54, 1.807) is 6.07 Å². The molecule has 0 bridgehead atoms. The summed E-state index contributed by atoms with van der Waals surface area (Å²) in [5.74, 6) is 0.743. The number of benzene rings is 3. The molecular weight excluding hydrogens is 372 g/mol. The van der Waals surface area contributed by atoms with Crippen molar-refractivity contribution in [3.05, 3.63) is 88.5 Å². The number of primary amides is 1. The Bertz CT molecular complexity index is 1060. The van der Waals surface area contributed by atoms with Gasteiger partial charge in [0.2, 0.25) is 0 Å². The Morgan fingerprint density at radius 2 is 1.70 bits per heavy atom. The summed E-state index contributed by atoms with van der Waals surface area (Å²) in [6.07, 6.45) is 2.23. The molecule has 1 aliphatic rings. The molecule has 154 valence electrons. The summed E-state index contributed by atoms with van der Waals surface area (Å²) in [6, 6.07) is 20.4. The zero-order chi connectivity index (χ0) is 21.3. The molecule has 2 N–H and O–H groups in total. The topological polar surface area (TPSA) is 55.6 Å². The first-order valence-corrected chi connectivity index (χ1v) is 10.4. The molecule has 0 spiro atoms. The molecule has 1 unspecified atom stereocenters. The number of hydrogen-bond donors (Lipinski definition) is 1. The van der Waals surface area contributed by atoms with Crippen LogP contribution in [-0.2, 0) is 0 Å². The number of nitrogens with two attached hydrogens (primary N) is 1. The number of rotatable bonds is 5. The van der Waals surface area contributed by atoms with Gasteiger partial charge in [-0.3, -0.25) is 4.79 Å². The van der Waals surface area contributed by atoms with Gasteiger partial charge in [-0.25, -0.2) is 0 Å². The minimum atomic E-state index is -0.483. The molecule has 1 atom stereocenters. The molecular formula is C26H28N2O2. The van der Waals surface area contributed by atoms with Gasteiger partial charge in [0.25, 0.3) is 5.91 Å². The summed E-state index contributed by atoms with van der Waals surface area (Å²) < 4.78 is 6.15. The van der Waals surface area contributed by atoms with Crippen molar-refractivity contribution in [1.29, 1.82) is 0 Å². The van der Waals surface area contributed by atoms with Gasteiger partial charge >= 0.3 is 0 Å². The summed E-state index contributed by atoms with van der Waals surface area (Å²) in [4.78, 5) is 14.5. The lowest BCUT2D eigenvalue weighted by Gasteiger charge is -2.30. The fourth-order valence-electron chi connectivity index (χ4n) is 4.53. The van der Waals surface area contributed by atoms with Gasteiger partial charge in [-0.05, 0) is 63.4 Å². The van der Waals surface area contributed by atoms with Gasteiger partial charge < -0.3 is 15.4 Å². The Labute approximate surface area is 178 Å². The van der Waals surface area contributed by atoms with Crippen LogP contribution in [0, 0.1) is 20.8 Å². The molecule has 1 amide bonds. The molecule has 4 nitrogen and oxygen atoms in total. The van der Waals surface area contributed by atoms with Gasteiger partial charge in [0.05, 0.1) is 11.6 Å². The lowest BCUT2D eigenvalue weighted by Crippen LogP contribution is -2.24. The smallest absolute Gasteiger partial charge is 0.252 e. The summed E-state index contributed by atoms with van der Waals surface area (Å²) >= 11 is 0. The van der Waals surface area contributed by atoms with Gasteiger partial charge in [0.1, 0.15) is 11.5 Å². The normalized spacial score (nSPS) is 16.0. The quantitative estimate of drug-likeness (QED) is 0.585. The highest BCUT2D eigenvalue weighted by atomic mass is 16.5. The minimum Gasteiger partial charge on any atom is -0.456 e. The Morgan fingerprint density at radius 3 is 2.37 bits per heavy atom. The number of para-hydroxylation sites is 1. The minimum absolute atomic E-state index is 0.311. The van der Waals surface area contributed by atoms with E-state index in [0.29, 0.717) is 23.1 Å². The number of carbonyl (C=O) groups excluding carboxylic acids is 1. The first-order valence-electron chi connectivity index (χ1n) is 10.4. The number of amides is 1. The Balaban J connectivity index is 1.76. The standard InChI is InChI=1S/C26H28N2O2/c1-17-14-18(2)16-20(15-17)24-10-7-13-28(24)23-12-11-22(26(27)29)25(19(23)3)30-21-8-5-4-6-9-21/h4-6,8-9,11-12,14-16,24H,7,10,13H2,1-3H3,(H2,27,29). The van der Waals surface area contributed by atoms with Crippen LogP contribution in [0.4, 0.5) is 5.69 Å². The fraction of sp³-hybridized carbons (Fsp3) is 0.269. The van der Waals surface area contributed by atoms with E-state index in [9.17, 15) is 4.79 Å². The van der Waals surface area contributed by atoms with Crippen LogP contribution in [0.25, 0.3) is 0 Å². The Morgan fingerprint density at radius 1 is 1.00 bits per heavy atom. The van der Waals surface area contributed by atoms with E-state index in [2.05, 4.69) is 36.9 Å². The lowest BCUT2D eigenvalue weighted by atomic mass is 9.98. The predicted molar refractivity (Wildman–Crippen MR) is 121 cm³/mol. The average Bonchev–Trinajstić information content (AvgIpc) is 3.19. The molecule has 3 aromatic rings. The molecule has 3 aromatic carbocycles. The molecule has 1 saturated heterocycles. The predicted octanol–water partition coefficient (Wildman–Crippen LogP) is 5.84. The summed E-state index contributed by atoms with van der Waals surface area (Å²) in [7, 11) is 0. The zero-order valence-electron chi connectivity index (χ0n) is 17.8. The van der Waals surface area contributed by atoms with Gasteiger partial charge in [0.15, 0.2) is 0 Å². The molecule has 0 radical (unpaired) electrons. The van der Waals surface area contributed by atoms with Crippen LogP contribution in [0.3, 0.4) is 0 Å². The highest BCUT2D eigenvalue weighted by molar-refractivity contribution is 5.97. The molecule has 0 aromatic heterocycles. The number of ether oxygens (including phenoxy) is 1. The van der Waals surface area contributed by atoms with Gasteiger partial charge in [-0.15, -0.1) is 0 Å². The van der Waals surface area contributed by atoms with Crippen LogP contribution < -0.4 is 15.4 Å². The fourth-order valence-corrected chi connectivity index (χ4v) is 4.53. The molecule has 1 fully saturated rings. The highest BCUT2D eigenvalue weighted by Gasteiger charge is 2.29. The number of nitrogens with zero attached hydrogens (tertiary/aromatic N) is 1. The number of carbonyl (C=O) groups is 1. The highest BCUT2D eigenvalue weighted by Crippen LogP contribution is 2.42. The molecule has 4 heteroatoms. The van der Waals surface area contributed by atoms with Gasteiger partial charge in [0, 0.05) is 17.8 Å². The van der Waals surface area contributed by atoms with Crippen LogP contribution >= 0.6 is 0 Å². The maximum Gasteiger partial charge on any atom is 0.252 e. The third-order valence-corrected chi connectivity index (χ3v) is 5.80. The van der Waals surface area contributed by atoms with E-state index in [1.807, 2.05) is 43.3 Å². The van der Waals surface area contributed by atoms with E-state index >= 15 is 0 Å². The number of aryl methyl sites for hydroxylation is 2. The van der Waals surface area contributed by atoms with E-state index in [4.69, 9.17) is 10.5 Å². The van der Waals surface area contributed by atoms with Crippen LogP contribution in [0.2, 0.25) is 0 Å². The zero-order valence-corrected chi connectivity index (χ0v) is 17.8. The second-order valence-corrected chi connectivity index (χ2v) is 8.14. The second kappa shape index (κ2) is 8.23. The van der Waals surface area contributed by atoms with E-state index in [0.717, 1.165) is 30.6 Å². The van der Waals surface area contributed by atoms with Gasteiger partial charge in [-0.1, -0.05) is 47.5 Å². The monoisotopic (exact) mass is 400 g/mol. The first-order chi connectivity index (χ1) is 14.4. The number of hydrogen-bond acceptors (Lipinski definition) is 3. The molecule has 30 heavy (non-hydrogen) atoms. The van der Waals surface area contributed by atoms with Gasteiger partial charge in [-0.2, -0.15) is 0 Å². The van der Waals surface area contributed by atoms with E-state index in [-0.39, 0.29) is 0 Å². The Kier molecular flexibility index (Phi) is 5.49. The average molecular weight is 401 g/mol. The van der Waals surface area contributed by atoms with Crippen LogP contribution in [0.5, 0.6) is 11.5 Å². The summed E-state index contributed by atoms with van der Waals surface area (Å²) in [5, 5.41) is 0. The molecule has 0 aliphatic carbocycles.